The molecule has 21 heavy (non-hydrogen) atoms. The van der Waals surface area contributed by atoms with Crippen molar-refractivity contribution in [2.75, 3.05) is 12.3 Å². The first kappa shape index (κ1) is 16.5. The van der Waals surface area contributed by atoms with Crippen LogP contribution in [0.5, 0.6) is 0 Å². The van der Waals surface area contributed by atoms with E-state index in [-0.39, 0.29) is 21.6 Å². The molecule has 1 saturated heterocycles. The van der Waals surface area contributed by atoms with E-state index in [2.05, 4.69) is 0 Å². The lowest BCUT2D eigenvalue weighted by Gasteiger charge is -2.28. The van der Waals surface area contributed by atoms with Crippen molar-refractivity contribution in [3.05, 3.63) is 23.0 Å². The van der Waals surface area contributed by atoms with Crippen molar-refractivity contribution >= 4 is 27.3 Å². The first-order chi connectivity index (χ1) is 9.87. The van der Waals surface area contributed by atoms with Crippen LogP contribution in [-0.2, 0) is 10.0 Å². The van der Waals surface area contributed by atoms with Crippen molar-refractivity contribution < 1.29 is 12.8 Å². The summed E-state index contributed by atoms with van der Waals surface area (Å²) < 4.78 is 40.6. The van der Waals surface area contributed by atoms with E-state index < -0.39 is 15.8 Å². The number of hydrogen-bond acceptors (Lipinski definition) is 3. The van der Waals surface area contributed by atoms with Gasteiger partial charge in [0.25, 0.3) is 0 Å². The minimum absolute atomic E-state index is 0.0418. The van der Waals surface area contributed by atoms with Gasteiger partial charge in [0.15, 0.2) is 0 Å². The molecule has 1 fully saturated rings. The zero-order chi connectivity index (χ0) is 15.6. The SMILES string of the molecule is CCC1CCCCCN1S(=O)(=O)c1cc(N)c(F)cc1Cl. The summed E-state index contributed by atoms with van der Waals surface area (Å²) >= 11 is 5.94. The summed E-state index contributed by atoms with van der Waals surface area (Å²) in [4.78, 5) is -0.108. The molecule has 0 amide bonds. The number of rotatable bonds is 3. The molecular formula is C14H20ClFN2O2S. The maximum absolute atomic E-state index is 13.4. The average molecular weight is 335 g/mol. The molecule has 1 aromatic carbocycles. The third-order valence-corrected chi connectivity index (χ3v) is 6.35. The van der Waals surface area contributed by atoms with Crippen molar-refractivity contribution in [2.45, 2.75) is 50.0 Å². The number of nitrogens with zero attached hydrogens (tertiary/aromatic N) is 1. The Hall–Kier alpha value is -0.850. The molecule has 0 aliphatic carbocycles. The van der Waals surface area contributed by atoms with Gasteiger partial charge < -0.3 is 5.73 Å². The number of benzene rings is 1. The van der Waals surface area contributed by atoms with Crippen LogP contribution in [0.4, 0.5) is 10.1 Å². The van der Waals surface area contributed by atoms with Gasteiger partial charge >= 0.3 is 0 Å². The molecule has 1 unspecified atom stereocenters. The summed E-state index contributed by atoms with van der Waals surface area (Å²) in [5.74, 6) is -0.707. The summed E-state index contributed by atoms with van der Waals surface area (Å²) in [6.07, 6.45) is 4.44. The Morgan fingerprint density at radius 1 is 1.38 bits per heavy atom. The Kier molecular flexibility index (Phi) is 5.11. The van der Waals surface area contributed by atoms with Crippen LogP contribution in [0, 0.1) is 5.82 Å². The van der Waals surface area contributed by atoms with E-state index in [0.29, 0.717) is 6.54 Å². The van der Waals surface area contributed by atoms with E-state index in [4.69, 9.17) is 17.3 Å². The van der Waals surface area contributed by atoms with E-state index in [1.807, 2.05) is 6.92 Å². The summed E-state index contributed by atoms with van der Waals surface area (Å²) in [6.45, 7) is 2.44. The maximum atomic E-state index is 13.4. The molecule has 1 aromatic rings. The van der Waals surface area contributed by atoms with E-state index in [1.54, 1.807) is 0 Å². The highest BCUT2D eigenvalue weighted by atomic mass is 35.5. The van der Waals surface area contributed by atoms with Gasteiger partial charge in [-0.25, -0.2) is 12.8 Å². The van der Waals surface area contributed by atoms with Crippen LogP contribution in [-0.4, -0.2) is 25.3 Å². The maximum Gasteiger partial charge on any atom is 0.244 e. The van der Waals surface area contributed by atoms with E-state index in [9.17, 15) is 12.8 Å². The lowest BCUT2D eigenvalue weighted by Crippen LogP contribution is -2.39. The average Bonchev–Trinajstić information content (AvgIpc) is 2.68. The summed E-state index contributed by atoms with van der Waals surface area (Å²) in [5, 5.41) is -0.124. The van der Waals surface area contributed by atoms with E-state index in [0.717, 1.165) is 44.2 Å². The second kappa shape index (κ2) is 6.50. The Bertz CT molecular complexity index is 622. The third-order valence-electron chi connectivity index (χ3n) is 3.93. The molecular weight excluding hydrogens is 315 g/mol. The van der Waals surface area contributed by atoms with Gasteiger partial charge in [-0.15, -0.1) is 0 Å². The zero-order valence-corrected chi connectivity index (χ0v) is 13.6. The van der Waals surface area contributed by atoms with Crippen LogP contribution in [0.25, 0.3) is 0 Å². The first-order valence-corrected chi connectivity index (χ1v) is 8.96. The van der Waals surface area contributed by atoms with Gasteiger partial charge in [0.2, 0.25) is 10.0 Å². The smallest absolute Gasteiger partial charge is 0.244 e. The normalized spacial score (nSPS) is 21.2. The molecule has 0 bridgehead atoms. The van der Waals surface area contributed by atoms with Crippen molar-refractivity contribution in [2.24, 2.45) is 0 Å². The zero-order valence-electron chi connectivity index (χ0n) is 12.0. The number of nitrogen functional groups attached to an aromatic ring is 1. The van der Waals surface area contributed by atoms with Gasteiger partial charge in [-0.3, -0.25) is 0 Å². The highest BCUT2D eigenvalue weighted by Crippen LogP contribution is 2.32. The van der Waals surface area contributed by atoms with Gasteiger partial charge in [0.05, 0.1) is 10.7 Å². The molecule has 2 N–H and O–H groups in total. The summed E-state index contributed by atoms with van der Waals surface area (Å²) in [5.41, 5.74) is 5.29. The Labute approximate surface area is 130 Å². The van der Waals surface area contributed by atoms with Crippen molar-refractivity contribution in [1.82, 2.24) is 4.31 Å². The number of anilines is 1. The fourth-order valence-electron chi connectivity index (χ4n) is 2.74. The Morgan fingerprint density at radius 3 is 2.76 bits per heavy atom. The predicted molar refractivity (Wildman–Crippen MR) is 82.3 cm³/mol. The fourth-order valence-corrected chi connectivity index (χ4v) is 5.04. The number of nitrogens with two attached hydrogens (primary N) is 1. The van der Waals surface area contributed by atoms with Crippen molar-refractivity contribution in [3.63, 3.8) is 0 Å². The molecule has 0 spiro atoms. The van der Waals surface area contributed by atoms with Gasteiger partial charge in [-0.05, 0) is 31.4 Å². The second-order valence-electron chi connectivity index (χ2n) is 5.33. The van der Waals surface area contributed by atoms with Crippen LogP contribution in [0.15, 0.2) is 17.0 Å². The fraction of sp³-hybridized carbons (Fsp3) is 0.571. The standard InChI is InChI=1S/C14H20ClFN2O2S/c1-2-10-6-4-3-5-7-18(10)21(19,20)14-9-13(17)12(16)8-11(14)15/h8-10H,2-7,17H2,1H3. The molecule has 1 heterocycles. The highest BCUT2D eigenvalue weighted by molar-refractivity contribution is 7.89. The predicted octanol–water partition coefficient (Wildman–Crippen LogP) is 3.40. The second-order valence-corrected chi connectivity index (χ2v) is 7.60. The molecule has 4 nitrogen and oxygen atoms in total. The summed E-state index contributed by atoms with van der Waals surface area (Å²) in [7, 11) is -3.76. The van der Waals surface area contributed by atoms with Crippen LogP contribution >= 0.6 is 11.6 Å². The van der Waals surface area contributed by atoms with E-state index >= 15 is 0 Å². The van der Waals surface area contributed by atoms with Crippen molar-refractivity contribution in [3.8, 4) is 0 Å². The molecule has 1 aliphatic heterocycles. The van der Waals surface area contributed by atoms with E-state index in [1.165, 1.54) is 4.31 Å². The van der Waals surface area contributed by atoms with Crippen LogP contribution in [0.1, 0.15) is 39.0 Å². The Balaban J connectivity index is 2.47. The molecule has 118 valence electrons. The van der Waals surface area contributed by atoms with Gasteiger partial charge in [-0.1, -0.05) is 31.4 Å². The minimum Gasteiger partial charge on any atom is -0.396 e. The highest BCUT2D eigenvalue weighted by Gasteiger charge is 2.33. The monoisotopic (exact) mass is 334 g/mol. The number of halogens is 2. The van der Waals surface area contributed by atoms with Gasteiger partial charge in [-0.2, -0.15) is 4.31 Å². The lowest BCUT2D eigenvalue weighted by molar-refractivity contribution is 0.315. The van der Waals surface area contributed by atoms with Crippen LogP contribution < -0.4 is 5.73 Å². The molecule has 0 aromatic heterocycles. The van der Waals surface area contributed by atoms with Crippen molar-refractivity contribution in [1.29, 1.82) is 0 Å². The molecule has 7 heteroatoms. The van der Waals surface area contributed by atoms with Crippen LogP contribution in [0.3, 0.4) is 0 Å². The largest absolute Gasteiger partial charge is 0.396 e. The summed E-state index contributed by atoms with van der Waals surface area (Å²) in [6, 6.07) is 2.03. The molecule has 0 radical (unpaired) electrons. The minimum atomic E-state index is -3.76. The van der Waals surface area contributed by atoms with Crippen LogP contribution in [0.2, 0.25) is 5.02 Å². The lowest BCUT2D eigenvalue weighted by atomic mass is 10.1. The molecule has 0 saturated carbocycles. The third kappa shape index (κ3) is 3.33. The first-order valence-electron chi connectivity index (χ1n) is 7.14. The quantitative estimate of drug-likeness (QED) is 0.862. The topological polar surface area (TPSA) is 63.4 Å². The van der Waals surface area contributed by atoms with Gasteiger partial charge in [0.1, 0.15) is 10.7 Å². The van der Waals surface area contributed by atoms with Gasteiger partial charge in [0, 0.05) is 12.6 Å². The molecule has 1 atom stereocenters. The Morgan fingerprint density at radius 2 is 2.10 bits per heavy atom. The molecule has 2 rings (SSSR count). The number of sulfonamides is 1. The molecule has 1 aliphatic rings. The number of hydrogen-bond donors (Lipinski definition) is 1.